The third-order valence-electron chi connectivity index (χ3n) is 6.33. The van der Waals surface area contributed by atoms with Crippen LogP contribution in [0.25, 0.3) is 22.2 Å². The average molecular weight is 518 g/mol. The smallest absolute Gasteiger partial charge is 0.261 e. The van der Waals surface area contributed by atoms with E-state index in [0.717, 1.165) is 42.5 Å². The summed E-state index contributed by atoms with van der Waals surface area (Å²) in [5, 5.41) is 0. The van der Waals surface area contributed by atoms with Crippen LogP contribution >= 0.6 is 0 Å². The zero-order chi connectivity index (χ0) is 25.9. The average Bonchev–Trinajstić information content (AvgIpc) is 3.31. The van der Waals surface area contributed by atoms with Crippen LogP contribution in [0.5, 0.6) is 11.6 Å². The number of aryl methyl sites for hydroxylation is 1. The number of pyridine rings is 1. The Bertz CT molecular complexity index is 1350. The second kappa shape index (κ2) is 10.8. The highest BCUT2D eigenvalue weighted by Crippen LogP contribution is 2.37. The lowest BCUT2D eigenvalue weighted by Gasteiger charge is -2.32. The molecule has 1 amide bonds. The molecule has 36 heavy (non-hydrogen) atoms. The fraction of sp³-hybridized carbons (Fsp3) is 0.458. The maximum Gasteiger partial charge on any atom is 0.261 e. The van der Waals surface area contributed by atoms with Crippen molar-refractivity contribution in [2.75, 3.05) is 33.1 Å². The summed E-state index contributed by atoms with van der Waals surface area (Å²) in [6.45, 7) is 2.26. The lowest BCUT2D eigenvalue weighted by Crippen LogP contribution is -2.40. The van der Waals surface area contributed by atoms with E-state index in [4.69, 9.17) is 19.8 Å². The number of amides is 1. The minimum atomic E-state index is -3.67. The predicted molar refractivity (Wildman–Crippen MR) is 135 cm³/mol. The zero-order valence-electron chi connectivity index (χ0n) is 20.4. The lowest BCUT2D eigenvalue weighted by molar-refractivity contribution is 0.0989. The maximum atomic E-state index is 12.3. The number of piperidine rings is 1. The highest BCUT2D eigenvalue weighted by molar-refractivity contribution is 7.85. The molecule has 5 rings (SSSR count). The van der Waals surface area contributed by atoms with E-state index >= 15 is 0 Å². The first-order chi connectivity index (χ1) is 17.1. The lowest BCUT2D eigenvalue weighted by atomic mass is 9.98. The van der Waals surface area contributed by atoms with E-state index in [1.165, 1.54) is 12.8 Å². The van der Waals surface area contributed by atoms with Crippen molar-refractivity contribution >= 4 is 27.1 Å². The molecule has 0 saturated carbocycles. The number of benzene rings is 1. The summed E-state index contributed by atoms with van der Waals surface area (Å²) in [5.41, 5.74) is 10.2. The van der Waals surface area contributed by atoms with Crippen molar-refractivity contribution in [2.45, 2.75) is 38.1 Å². The Morgan fingerprint density at radius 3 is 2.81 bits per heavy atom. The minimum absolute atomic E-state index is 0.318. The highest BCUT2D eigenvalue weighted by Gasteiger charge is 2.24. The van der Waals surface area contributed by atoms with Crippen molar-refractivity contribution in [3.8, 4) is 22.8 Å². The Morgan fingerprint density at radius 1 is 1.31 bits per heavy atom. The number of primary amides is 1. The van der Waals surface area contributed by atoms with E-state index < -0.39 is 16.0 Å². The summed E-state index contributed by atoms with van der Waals surface area (Å²) in [6.07, 6.45) is 9.46. The summed E-state index contributed by atoms with van der Waals surface area (Å²) in [5.74, 6) is 0.635. The zero-order valence-corrected chi connectivity index (χ0v) is 21.2. The van der Waals surface area contributed by atoms with Gasteiger partial charge in [-0.25, -0.2) is 9.97 Å². The predicted octanol–water partition coefficient (Wildman–Crippen LogP) is 2.42. The van der Waals surface area contributed by atoms with Crippen LogP contribution in [0.1, 0.15) is 41.6 Å². The largest absolute Gasteiger partial charge is 0.491 e. The molecule has 1 aromatic carbocycles. The molecule has 0 aliphatic carbocycles. The molecule has 11 nitrogen and oxygen atoms in total. The maximum absolute atomic E-state index is 12.3. The van der Waals surface area contributed by atoms with Gasteiger partial charge in [0, 0.05) is 28.9 Å². The Kier molecular flexibility index (Phi) is 7.76. The van der Waals surface area contributed by atoms with Gasteiger partial charge in [0.2, 0.25) is 5.88 Å². The van der Waals surface area contributed by atoms with Gasteiger partial charge < -0.3 is 25.1 Å². The van der Waals surface area contributed by atoms with Crippen LogP contribution in [0.4, 0.5) is 0 Å². The number of imidazole rings is 1. The van der Waals surface area contributed by atoms with E-state index in [-0.39, 0.29) is 0 Å². The number of fused-ring (bicyclic) bond motifs is 2. The number of hydrogen-bond donors (Lipinski definition) is 3. The van der Waals surface area contributed by atoms with E-state index in [0.29, 0.717) is 53.7 Å². The van der Waals surface area contributed by atoms with Gasteiger partial charge in [-0.15, -0.1) is 0 Å². The number of likely N-dealkylation sites (N-methyl/N-ethyl adjacent to an activating group) is 1. The SMILES string of the molecule is CN1CCCCC1COc1cc(-c2cnc3c(c2)CCCO3)c2nc[nH]c2c1C(N)=O.CS(=O)(=O)O. The van der Waals surface area contributed by atoms with Crippen molar-refractivity contribution < 1.29 is 27.2 Å². The Balaban J connectivity index is 0.000000556. The number of rotatable bonds is 5. The molecule has 0 spiro atoms. The Labute approximate surface area is 209 Å². The van der Waals surface area contributed by atoms with Gasteiger partial charge in [0.1, 0.15) is 17.9 Å². The quantitative estimate of drug-likeness (QED) is 0.432. The Hall–Kier alpha value is -3.22. The van der Waals surface area contributed by atoms with E-state index in [2.05, 4.69) is 33.0 Å². The van der Waals surface area contributed by atoms with Crippen LogP contribution in [0.2, 0.25) is 0 Å². The second-order valence-electron chi connectivity index (χ2n) is 9.10. The fourth-order valence-corrected chi connectivity index (χ4v) is 4.59. The summed E-state index contributed by atoms with van der Waals surface area (Å²) >= 11 is 0. The van der Waals surface area contributed by atoms with Crippen molar-refractivity contribution in [1.82, 2.24) is 19.9 Å². The molecule has 4 heterocycles. The van der Waals surface area contributed by atoms with Crippen LogP contribution in [0.15, 0.2) is 24.7 Å². The highest BCUT2D eigenvalue weighted by atomic mass is 32.2. The molecule has 0 bridgehead atoms. The molecular formula is C24H31N5O6S. The number of hydrogen-bond acceptors (Lipinski definition) is 8. The van der Waals surface area contributed by atoms with Crippen LogP contribution in [-0.4, -0.2) is 77.8 Å². The number of nitrogens with zero attached hydrogens (tertiary/aromatic N) is 3. The van der Waals surface area contributed by atoms with Gasteiger partial charge in [-0.1, -0.05) is 6.42 Å². The number of likely N-dealkylation sites (tertiary alicyclic amines) is 1. The summed E-state index contributed by atoms with van der Waals surface area (Å²) < 4.78 is 37.7. The van der Waals surface area contributed by atoms with Crippen molar-refractivity contribution in [1.29, 1.82) is 0 Å². The molecule has 1 unspecified atom stereocenters. The van der Waals surface area contributed by atoms with Crippen LogP contribution in [-0.2, 0) is 16.5 Å². The van der Waals surface area contributed by atoms with Crippen molar-refractivity contribution in [2.24, 2.45) is 5.73 Å². The molecule has 2 aliphatic rings. The van der Waals surface area contributed by atoms with Crippen molar-refractivity contribution in [3.05, 3.63) is 35.8 Å². The second-order valence-corrected chi connectivity index (χ2v) is 10.6. The summed E-state index contributed by atoms with van der Waals surface area (Å²) in [7, 11) is -1.55. The first-order valence-electron chi connectivity index (χ1n) is 11.8. The molecule has 1 fully saturated rings. The van der Waals surface area contributed by atoms with E-state index in [9.17, 15) is 13.2 Å². The summed E-state index contributed by atoms with van der Waals surface area (Å²) in [6, 6.07) is 4.28. The number of ether oxygens (including phenoxy) is 2. The molecule has 12 heteroatoms. The molecule has 2 aromatic heterocycles. The minimum Gasteiger partial charge on any atom is -0.491 e. The molecule has 3 aromatic rings. The van der Waals surface area contributed by atoms with Gasteiger partial charge in [0.05, 0.1) is 30.2 Å². The van der Waals surface area contributed by atoms with Gasteiger partial charge in [-0.2, -0.15) is 8.42 Å². The molecule has 2 aliphatic heterocycles. The molecule has 194 valence electrons. The van der Waals surface area contributed by atoms with E-state index in [1.54, 1.807) is 12.5 Å². The fourth-order valence-electron chi connectivity index (χ4n) is 4.59. The van der Waals surface area contributed by atoms with Gasteiger partial charge in [0.25, 0.3) is 16.0 Å². The van der Waals surface area contributed by atoms with Gasteiger partial charge >= 0.3 is 0 Å². The van der Waals surface area contributed by atoms with Crippen LogP contribution in [0, 0.1) is 0 Å². The monoisotopic (exact) mass is 517 g/mol. The normalized spacial score (nSPS) is 18.0. The number of nitrogens with one attached hydrogen (secondary N) is 1. The number of H-pyrrole nitrogens is 1. The third-order valence-corrected chi connectivity index (χ3v) is 6.33. The van der Waals surface area contributed by atoms with E-state index in [1.807, 2.05) is 6.07 Å². The first-order valence-corrected chi connectivity index (χ1v) is 13.6. The first kappa shape index (κ1) is 25.9. The molecule has 4 N–H and O–H groups in total. The standard InChI is InChI=1S/C23H27N5O3.CH4O3S/c1-28-7-3-2-6-16(28)12-31-18-10-17(20-21(27-13-26-20)19(18)22(24)29)15-9-14-5-4-8-30-23(14)25-11-15;1-5(2,3)4/h9-11,13,16H,2-8,12H2,1H3,(H2,24,29)(H,26,27);1H3,(H,2,3,4). The van der Waals surface area contributed by atoms with Crippen molar-refractivity contribution in [3.63, 3.8) is 0 Å². The van der Waals surface area contributed by atoms with Gasteiger partial charge in [-0.05, 0) is 51.4 Å². The number of carbonyl (C=O) groups is 1. The number of nitrogens with two attached hydrogens (primary N) is 1. The molecule has 1 saturated heterocycles. The number of carbonyl (C=O) groups excluding carboxylic acids is 1. The summed E-state index contributed by atoms with van der Waals surface area (Å²) in [4.78, 5) is 26.7. The molecule has 1 atom stereocenters. The Morgan fingerprint density at radius 2 is 2.08 bits per heavy atom. The van der Waals surface area contributed by atoms with Crippen LogP contribution in [0.3, 0.4) is 0 Å². The topological polar surface area (TPSA) is 161 Å². The van der Waals surface area contributed by atoms with Crippen LogP contribution < -0.4 is 15.2 Å². The number of aromatic nitrogens is 3. The van der Waals surface area contributed by atoms with Gasteiger partial charge in [0.15, 0.2) is 0 Å². The molecular weight excluding hydrogens is 486 g/mol. The number of aromatic amines is 1. The van der Waals surface area contributed by atoms with Gasteiger partial charge in [-0.3, -0.25) is 9.35 Å². The third kappa shape index (κ3) is 6.12. The molecule has 0 radical (unpaired) electrons.